The van der Waals surface area contributed by atoms with Gasteiger partial charge in [0.1, 0.15) is 0 Å². The van der Waals surface area contributed by atoms with Gasteiger partial charge in [-0.05, 0) is 18.6 Å². The molecule has 0 radical (unpaired) electrons. The lowest BCUT2D eigenvalue weighted by Crippen LogP contribution is -2.22. The van der Waals surface area contributed by atoms with Gasteiger partial charge >= 0.3 is 0 Å². The quantitative estimate of drug-likeness (QED) is 0.763. The Balaban J connectivity index is 1.83. The van der Waals surface area contributed by atoms with Gasteiger partial charge < -0.3 is 14.8 Å². The average molecular weight is 275 g/mol. The zero-order valence-electron chi connectivity index (χ0n) is 11.8. The molecule has 108 valence electrons. The van der Waals surface area contributed by atoms with Crippen molar-refractivity contribution in [3.63, 3.8) is 0 Å². The number of amides is 1. The highest BCUT2D eigenvalue weighted by molar-refractivity contribution is 5.75. The largest absolute Gasteiger partial charge is 0.504 e. The molecule has 5 nitrogen and oxygen atoms in total. The molecule has 0 aliphatic carbocycles. The SMILES string of the molecule is CCCCCCC(=O)NCc1cn2cccc(O)c2n1. The number of carbonyl (C=O) groups is 1. The fourth-order valence-corrected chi connectivity index (χ4v) is 2.12. The number of nitrogens with one attached hydrogen (secondary N) is 1. The third kappa shape index (κ3) is 3.73. The molecule has 0 spiro atoms. The van der Waals surface area contributed by atoms with Gasteiger partial charge in [0.15, 0.2) is 11.4 Å². The van der Waals surface area contributed by atoms with Crippen molar-refractivity contribution >= 4 is 11.6 Å². The molecule has 0 unspecified atom stereocenters. The van der Waals surface area contributed by atoms with Gasteiger partial charge in [0.25, 0.3) is 0 Å². The van der Waals surface area contributed by atoms with Gasteiger partial charge in [-0.1, -0.05) is 26.2 Å². The number of hydrogen-bond donors (Lipinski definition) is 2. The molecule has 20 heavy (non-hydrogen) atoms. The Morgan fingerprint density at radius 2 is 2.25 bits per heavy atom. The highest BCUT2D eigenvalue weighted by atomic mass is 16.3. The lowest BCUT2D eigenvalue weighted by molar-refractivity contribution is -0.121. The van der Waals surface area contributed by atoms with Gasteiger partial charge in [-0.3, -0.25) is 4.79 Å². The number of fused-ring (bicyclic) bond motifs is 1. The number of aromatic nitrogens is 2. The number of imidazole rings is 1. The smallest absolute Gasteiger partial charge is 0.220 e. The molecule has 5 heteroatoms. The summed E-state index contributed by atoms with van der Waals surface area (Å²) in [7, 11) is 0. The summed E-state index contributed by atoms with van der Waals surface area (Å²) in [5.74, 6) is 0.201. The van der Waals surface area contributed by atoms with Crippen LogP contribution in [-0.2, 0) is 11.3 Å². The van der Waals surface area contributed by atoms with Crippen molar-refractivity contribution in [2.75, 3.05) is 0 Å². The molecule has 2 rings (SSSR count). The van der Waals surface area contributed by atoms with Crippen LogP contribution < -0.4 is 5.32 Å². The summed E-state index contributed by atoms with van der Waals surface area (Å²) in [5, 5.41) is 12.5. The molecule has 2 heterocycles. The van der Waals surface area contributed by atoms with Crippen LogP contribution in [0.3, 0.4) is 0 Å². The Hall–Kier alpha value is -2.04. The van der Waals surface area contributed by atoms with Gasteiger partial charge in [-0.2, -0.15) is 0 Å². The Labute approximate surface area is 118 Å². The van der Waals surface area contributed by atoms with Crippen molar-refractivity contribution in [2.24, 2.45) is 0 Å². The summed E-state index contributed by atoms with van der Waals surface area (Å²) in [5.41, 5.74) is 1.26. The molecule has 0 aromatic carbocycles. The average Bonchev–Trinajstić information content (AvgIpc) is 2.86. The van der Waals surface area contributed by atoms with E-state index in [2.05, 4.69) is 17.2 Å². The first-order valence-corrected chi connectivity index (χ1v) is 7.13. The van der Waals surface area contributed by atoms with Gasteiger partial charge in [-0.25, -0.2) is 4.98 Å². The second-order valence-corrected chi connectivity index (χ2v) is 4.94. The van der Waals surface area contributed by atoms with E-state index >= 15 is 0 Å². The van der Waals surface area contributed by atoms with E-state index in [1.165, 1.54) is 12.8 Å². The van der Waals surface area contributed by atoms with Crippen molar-refractivity contribution in [2.45, 2.75) is 45.6 Å². The minimum absolute atomic E-state index is 0.0578. The lowest BCUT2D eigenvalue weighted by Gasteiger charge is -2.02. The summed E-state index contributed by atoms with van der Waals surface area (Å²) in [6.07, 6.45) is 8.59. The molecule has 0 saturated heterocycles. The van der Waals surface area contributed by atoms with E-state index in [4.69, 9.17) is 0 Å². The van der Waals surface area contributed by atoms with Crippen molar-refractivity contribution < 1.29 is 9.90 Å². The van der Waals surface area contributed by atoms with Crippen molar-refractivity contribution in [1.82, 2.24) is 14.7 Å². The van der Waals surface area contributed by atoms with Crippen molar-refractivity contribution in [3.8, 4) is 5.75 Å². The van der Waals surface area contributed by atoms with E-state index in [0.29, 0.717) is 18.6 Å². The predicted molar refractivity (Wildman–Crippen MR) is 77.5 cm³/mol. The number of unbranched alkanes of at least 4 members (excludes halogenated alkanes) is 3. The standard InChI is InChI=1S/C15H21N3O2/c1-2-3-4-5-8-14(20)16-10-12-11-18-9-6-7-13(19)15(18)17-12/h6-7,9,11,19H,2-5,8,10H2,1H3,(H,16,20). The molecule has 0 fully saturated rings. The maximum atomic E-state index is 11.7. The van der Waals surface area contributed by atoms with Crippen LogP contribution in [0.2, 0.25) is 0 Å². The van der Waals surface area contributed by atoms with Crippen LogP contribution in [0.4, 0.5) is 0 Å². The zero-order valence-corrected chi connectivity index (χ0v) is 11.8. The fraction of sp³-hybridized carbons (Fsp3) is 0.467. The third-order valence-corrected chi connectivity index (χ3v) is 3.24. The molecule has 2 aromatic rings. The Morgan fingerprint density at radius 1 is 1.40 bits per heavy atom. The molecule has 1 amide bonds. The maximum Gasteiger partial charge on any atom is 0.220 e. The molecule has 0 saturated carbocycles. The number of pyridine rings is 1. The van der Waals surface area contributed by atoms with Crippen LogP contribution in [0.1, 0.15) is 44.7 Å². The van der Waals surface area contributed by atoms with Crippen LogP contribution >= 0.6 is 0 Å². The van der Waals surface area contributed by atoms with Crippen molar-refractivity contribution in [3.05, 3.63) is 30.2 Å². The molecular formula is C15H21N3O2. The maximum absolute atomic E-state index is 11.7. The monoisotopic (exact) mass is 275 g/mol. The molecule has 0 aliphatic heterocycles. The number of nitrogens with zero attached hydrogens (tertiary/aromatic N) is 2. The van der Waals surface area contributed by atoms with Crippen LogP contribution in [0.25, 0.3) is 5.65 Å². The molecule has 0 bridgehead atoms. The highest BCUT2D eigenvalue weighted by Crippen LogP contribution is 2.16. The van der Waals surface area contributed by atoms with Gasteiger partial charge in [0, 0.05) is 18.8 Å². The second-order valence-electron chi connectivity index (χ2n) is 4.94. The first-order valence-electron chi connectivity index (χ1n) is 7.13. The van der Waals surface area contributed by atoms with Crippen LogP contribution in [0.15, 0.2) is 24.5 Å². The van der Waals surface area contributed by atoms with E-state index in [1.807, 2.05) is 12.4 Å². The minimum Gasteiger partial charge on any atom is -0.504 e. The lowest BCUT2D eigenvalue weighted by atomic mass is 10.1. The van der Waals surface area contributed by atoms with E-state index in [0.717, 1.165) is 18.5 Å². The topological polar surface area (TPSA) is 66.6 Å². The summed E-state index contributed by atoms with van der Waals surface area (Å²) < 4.78 is 1.75. The normalized spacial score (nSPS) is 10.8. The second kappa shape index (κ2) is 6.93. The summed E-state index contributed by atoms with van der Waals surface area (Å²) >= 11 is 0. The van der Waals surface area contributed by atoms with Crippen molar-refractivity contribution in [1.29, 1.82) is 0 Å². The van der Waals surface area contributed by atoms with Gasteiger partial charge in [-0.15, -0.1) is 0 Å². The van der Waals surface area contributed by atoms with E-state index in [1.54, 1.807) is 16.5 Å². The van der Waals surface area contributed by atoms with Crippen LogP contribution in [-0.4, -0.2) is 20.4 Å². The first-order chi connectivity index (χ1) is 9.70. The van der Waals surface area contributed by atoms with Gasteiger partial charge in [0.2, 0.25) is 5.91 Å². The Kier molecular flexibility index (Phi) is 4.98. The predicted octanol–water partition coefficient (Wildman–Crippen LogP) is 2.63. The summed E-state index contributed by atoms with van der Waals surface area (Å²) in [6.45, 7) is 2.55. The number of hydrogen-bond acceptors (Lipinski definition) is 3. The summed E-state index contributed by atoms with van der Waals surface area (Å²) in [4.78, 5) is 16.0. The fourth-order valence-electron chi connectivity index (χ4n) is 2.12. The number of rotatable bonds is 7. The number of carbonyl (C=O) groups excluding carboxylic acids is 1. The minimum atomic E-state index is 0.0578. The summed E-state index contributed by atoms with van der Waals surface area (Å²) in [6, 6.07) is 3.35. The van der Waals surface area contributed by atoms with Gasteiger partial charge in [0.05, 0.1) is 12.2 Å². The number of aromatic hydroxyl groups is 1. The van der Waals surface area contributed by atoms with E-state index in [-0.39, 0.29) is 11.7 Å². The van der Waals surface area contributed by atoms with E-state index < -0.39 is 0 Å². The molecule has 0 aliphatic rings. The molecule has 2 aromatic heterocycles. The zero-order chi connectivity index (χ0) is 14.4. The van der Waals surface area contributed by atoms with Crippen LogP contribution in [0.5, 0.6) is 5.75 Å². The van der Waals surface area contributed by atoms with E-state index in [9.17, 15) is 9.90 Å². The first kappa shape index (κ1) is 14.4. The Bertz CT molecular complexity index is 578. The molecule has 0 atom stereocenters. The molecule has 2 N–H and O–H groups in total. The third-order valence-electron chi connectivity index (χ3n) is 3.24. The molecular weight excluding hydrogens is 254 g/mol. The van der Waals surface area contributed by atoms with Crippen LogP contribution in [0, 0.1) is 0 Å². The Morgan fingerprint density at radius 3 is 3.00 bits per heavy atom. The highest BCUT2D eigenvalue weighted by Gasteiger charge is 2.06.